The van der Waals surface area contributed by atoms with Crippen LogP contribution in [-0.4, -0.2) is 80.1 Å². The summed E-state index contributed by atoms with van der Waals surface area (Å²) < 4.78 is 82.2. The maximum Gasteiger partial charge on any atom is 0.330 e. The van der Waals surface area contributed by atoms with Gasteiger partial charge in [-0.25, -0.2) is 22.4 Å². The van der Waals surface area contributed by atoms with Crippen molar-refractivity contribution in [3.05, 3.63) is 159 Å². The minimum Gasteiger partial charge on any atom is -0.497 e. The fourth-order valence-corrected chi connectivity index (χ4v) is 11.6. The lowest BCUT2D eigenvalue weighted by Crippen LogP contribution is -2.40. The van der Waals surface area contributed by atoms with Gasteiger partial charge in [-0.1, -0.05) is 72.8 Å². The number of nitrogens with one attached hydrogen (secondary N) is 1. The molecule has 0 radical (unpaired) electrons. The van der Waals surface area contributed by atoms with E-state index in [-0.39, 0.29) is 29.7 Å². The third-order valence-corrected chi connectivity index (χ3v) is 14.5. The Morgan fingerprint density at radius 3 is 2.07 bits per heavy atom. The number of hydrogen-bond donors (Lipinski definition) is 1. The van der Waals surface area contributed by atoms with Crippen molar-refractivity contribution < 1.29 is 40.8 Å². The number of ether oxygens (including phenoxy) is 4. The molecule has 4 aromatic carbocycles. The maximum absolute atomic E-state index is 14.7. The fraction of sp³-hybridized carbons (Fsp3) is 0.333. The quantitative estimate of drug-likeness (QED) is 0.105. The van der Waals surface area contributed by atoms with Crippen molar-refractivity contribution in [2.75, 3.05) is 33.1 Å². The topological polar surface area (TPSA) is 148 Å². The molecule has 0 bridgehead atoms. The molecule has 13 nitrogen and oxygen atoms in total. The first-order valence-corrected chi connectivity index (χ1v) is 21.7. The molecule has 3 saturated heterocycles. The van der Waals surface area contributed by atoms with Crippen LogP contribution >= 0.6 is 8.53 Å². The molecule has 1 aromatic heterocycles. The van der Waals surface area contributed by atoms with Gasteiger partial charge >= 0.3 is 5.69 Å². The third-order valence-electron chi connectivity index (χ3n) is 10.9. The Labute approximate surface area is 336 Å². The second-order valence-corrected chi connectivity index (χ2v) is 17.7. The standard InChI is InChI=1S/C42H43FN3O10PS/c1-51-31-19-15-29(16-20-31)42(28-10-5-3-6-11-28,30-17-21-32(52-2)22-18-30)53-26-37-36(24-39(54-37)46-40(47)34(43)25-44-41(46)48)55-57-45-23-9-14-35(45)38(56-57)27-58(49,50)33-12-7-4-8-13-33/h3-8,10-13,15-22,25,35-39H,9,14,23-24,26-27H2,1-2H3,(H,44,48)/t35-,36-,37+,38+,39+,57-/m0/s1. The molecule has 304 valence electrons. The van der Waals surface area contributed by atoms with Crippen molar-refractivity contribution in [2.45, 2.75) is 60.3 Å². The summed E-state index contributed by atoms with van der Waals surface area (Å²) in [7, 11) is -2.32. The Balaban J connectivity index is 1.15. The highest BCUT2D eigenvalue weighted by Gasteiger charge is 2.51. The Morgan fingerprint density at radius 2 is 1.45 bits per heavy atom. The molecular formula is C42H43FN3O10PS. The highest BCUT2D eigenvalue weighted by Crippen LogP contribution is 2.58. The second kappa shape index (κ2) is 16.9. The van der Waals surface area contributed by atoms with Crippen molar-refractivity contribution in [3.63, 3.8) is 0 Å². The largest absolute Gasteiger partial charge is 0.497 e. The summed E-state index contributed by atoms with van der Waals surface area (Å²) >= 11 is 0. The number of H-pyrrole nitrogens is 1. The zero-order chi connectivity index (χ0) is 40.4. The zero-order valence-electron chi connectivity index (χ0n) is 31.8. The number of sulfone groups is 1. The van der Waals surface area contributed by atoms with Gasteiger partial charge in [-0.05, 0) is 65.9 Å². The molecule has 3 fully saturated rings. The average molecular weight is 832 g/mol. The minimum absolute atomic E-state index is 0.0302. The SMILES string of the molecule is COc1ccc(C(OC[C@H]2O[C@@H](n3c(=O)[nH]cc(F)c3=O)C[C@@H]2O[P@@]2O[C@H](CS(=O)(=O)c3ccccc3)[C@@H]3CCCN32)(c2ccccc2)c2ccc(OC)cc2)cc1. The van der Waals surface area contributed by atoms with Gasteiger partial charge in [0, 0.05) is 25.2 Å². The molecule has 0 aliphatic carbocycles. The Kier molecular flexibility index (Phi) is 11.6. The van der Waals surface area contributed by atoms with E-state index in [1.54, 1.807) is 44.6 Å². The van der Waals surface area contributed by atoms with Crippen LogP contribution in [0.2, 0.25) is 0 Å². The minimum atomic E-state index is -3.68. The zero-order valence-corrected chi connectivity index (χ0v) is 33.5. The highest BCUT2D eigenvalue weighted by atomic mass is 32.2. The first-order valence-electron chi connectivity index (χ1n) is 18.9. The van der Waals surface area contributed by atoms with Gasteiger partial charge in [0.15, 0.2) is 9.84 Å². The number of rotatable bonds is 14. The molecule has 16 heteroatoms. The number of methoxy groups -OCH3 is 2. The monoisotopic (exact) mass is 831 g/mol. The predicted octanol–water partition coefficient (Wildman–Crippen LogP) is 5.94. The van der Waals surface area contributed by atoms with Crippen LogP contribution in [0.5, 0.6) is 11.5 Å². The van der Waals surface area contributed by atoms with Crippen LogP contribution in [0.15, 0.2) is 130 Å². The predicted molar refractivity (Wildman–Crippen MR) is 213 cm³/mol. The van der Waals surface area contributed by atoms with E-state index in [1.165, 1.54) is 0 Å². The van der Waals surface area contributed by atoms with Crippen LogP contribution in [0.4, 0.5) is 4.39 Å². The van der Waals surface area contributed by atoms with Gasteiger partial charge in [0.05, 0.1) is 43.7 Å². The van der Waals surface area contributed by atoms with Gasteiger partial charge in [-0.15, -0.1) is 0 Å². The lowest BCUT2D eigenvalue weighted by Gasteiger charge is -2.37. The van der Waals surface area contributed by atoms with E-state index < -0.39 is 65.6 Å². The molecule has 58 heavy (non-hydrogen) atoms. The molecule has 5 aromatic rings. The molecule has 3 aliphatic rings. The van der Waals surface area contributed by atoms with Crippen molar-refractivity contribution in [1.29, 1.82) is 0 Å². The van der Waals surface area contributed by atoms with E-state index in [9.17, 15) is 22.4 Å². The van der Waals surface area contributed by atoms with Crippen LogP contribution in [0, 0.1) is 5.82 Å². The van der Waals surface area contributed by atoms with E-state index >= 15 is 0 Å². The Bertz CT molecular complexity index is 2370. The molecule has 4 heterocycles. The highest BCUT2D eigenvalue weighted by molar-refractivity contribution is 7.91. The third kappa shape index (κ3) is 7.75. The summed E-state index contributed by atoms with van der Waals surface area (Å²) in [5.41, 5.74) is -0.912. The summed E-state index contributed by atoms with van der Waals surface area (Å²) in [6.07, 6.45) is -1.39. The number of aromatic nitrogens is 2. The van der Waals surface area contributed by atoms with Gasteiger partial charge < -0.3 is 33.0 Å². The lowest BCUT2D eigenvalue weighted by atomic mass is 9.80. The van der Waals surface area contributed by atoms with Gasteiger partial charge in [0.2, 0.25) is 5.82 Å². The van der Waals surface area contributed by atoms with E-state index in [1.807, 2.05) is 78.9 Å². The number of hydrogen-bond acceptors (Lipinski definition) is 11. The van der Waals surface area contributed by atoms with E-state index in [2.05, 4.69) is 9.65 Å². The first kappa shape index (κ1) is 40.1. The average Bonchev–Trinajstić information content (AvgIpc) is 3.98. The summed E-state index contributed by atoms with van der Waals surface area (Å²) in [5, 5.41) is 0. The molecular weight excluding hydrogens is 789 g/mol. The number of fused-ring (bicyclic) bond motifs is 1. The van der Waals surface area contributed by atoms with Crippen molar-refractivity contribution in [1.82, 2.24) is 14.2 Å². The molecule has 8 rings (SSSR count). The first-order chi connectivity index (χ1) is 28.1. The smallest absolute Gasteiger partial charge is 0.330 e. The molecule has 0 saturated carbocycles. The van der Waals surface area contributed by atoms with Crippen LogP contribution in [0.25, 0.3) is 0 Å². The summed E-state index contributed by atoms with van der Waals surface area (Å²) in [5.74, 6) is -0.0757. The van der Waals surface area contributed by atoms with Crippen LogP contribution in [0.1, 0.15) is 42.2 Å². The Morgan fingerprint density at radius 1 is 0.845 bits per heavy atom. The fourth-order valence-electron chi connectivity index (χ4n) is 8.01. The number of nitrogens with zero attached hydrogens (tertiary/aromatic N) is 2. The van der Waals surface area contributed by atoms with Gasteiger partial charge in [-0.3, -0.25) is 4.79 Å². The van der Waals surface area contributed by atoms with Crippen LogP contribution in [-0.2, 0) is 34.0 Å². The molecule has 3 aliphatic heterocycles. The van der Waals surface area contributed by atoms with Crippen molar-refractivity contribution in [2.24, 2.45) is 0 Å². The van der Waals surface area contributed by atoms with Gasteiger partial charge in [0.25, 0.3) is 14.1 Å². The van der Waals surface area contributed by atoms with Crippen molar-refractivity contribution in [3.8, 4) is 11.5 Å². The van der Waals surface area contributed by atoms with Gasteiger partial charge in [0.1, 0.15) is 29.4 Å². The molecule has 1 N–H and O–H groups in total. The van der Waals surface area contributed by atoms with Crippen molar-refractivity contribution >= 4 is 18.4 Å². The second-order valence-electron chi connectivity index (χ2n) is 14.3. The molecule has 6 atom stereocenters. The number of benzene rings is 4. The van der Waals surface area contributed by atoms with E-state index in [0.29, 0.717) is 22.6 Å². The summed E-state index contributed by atoms with van der Waals surface area (Å²) in [4.78, 5) is 28.6. The number of aromatic amines is 1. The molecule has 0 amide bonds. The normalized spacial score (nSPS) is 23.5. The summed E-state index contributed by atoms with van der Waals surface area (Å²) in [6.45, 7) is 0.500. The number of halogens is 1. The lowest BCUT2D eigenvalue weighted by molar-refractivity contribution is -0.0927. The van der Waals surface area contributed by atoms with Crippen LogP contribution < -0.4 is 20.7 Å². The summed E-state index contributed by atoms with van der Waals surface area (Å²) in [6, 6.07) is 32.8. The van der Waals surface area contributed by atoms with Crippen LogP contribution in [0.3, 0.4) is 0 Å². The van der Waals surface area contributed by atoms with Gasteiger partial charge in [-0.2, -0.15) is 4.39 Å². The van der Waals surface area contributed by atoms with E-state index in [4.69, 9.17) is 28.0 Å². The van der Waals surface area contributed by atoms with E-state index in [0.717, 1.165) is 35.7 Å². The molecule has 0 unspecified atom stereocenters. The Hall–Kier alpha value is -4.73. The molecule has 0 spiro atoms. The maximum atomic E-state index is 14.7.